The molecular weight excluding hydrogens is 365 g/mol. The van der Waals surface area contributed by atoms with Gasteiger partial charge in [-0.25, -0.2) is 0 Å². The molecule has 1 fully saturated rings. The van der Waals surface area contributed by atoms with Crippen molar-refractivity contribution in [3.8, 4) is 0 Å². The van der Waals surface area contributed by atoms with Crippen LogP contribution < -0.4 is 4.46 Å². The average molecular weight is 382 g/mol. The van der Waals surface area contributed by atoms with Gasteiger partial charge in [-0.05, 0) is 0 Å². The molecule has 2 heterocycles. The molecule has 1 amide bonds. The van der Waals surface area contributed by atoms with Gasteiger partial charge in [0.15, 0.2) is 0 Å². The summed E-state index contributed by atoms with van der Waals surface area (Å²) in [4.78, 5) is 16.9. The van der Waals surface area contributed by atoms with E-state index in [1.807, 2.05) is 29.2 Å². The summed E-state index contributed by atoms with van der Waals surface area (Å²) in [6.07, 6.45) is 0. The van der Waals surface area contributed by atoms with E-state index < -0.39 is 0 Å². The minimum absolute atomic E-state index is 0.0835. The second-order valence-electron chi connectivity index (χ2n) is 5.87. The third kappa shape index (κ3) is 2.93. The van der Waals surface area contributed by atoms with E-state index in [9.17, 15) is 4.79 Å². The number of fused-ring (bicyclic) bond motifs is 1. The van der Waals surface area contributed by atoms with Gasteiger partial charge in [0.05, 0.1) is 0 Å². The molecule has 0 spiro atoms. The van der Waals surface area contributed by atoms with E-state index in [0.717, 1.165) is 11.3 Å². The van der Waals surface area contributed by atoms with E-state index in [1.165, 1.54) is 4.46 Å². The van der Waals surface area contributed by atoms with Gasteiger partial charge in [-0.3, -0.25) is 0 Å². The predicted octanol–water partition coefficient (Wildman–Crippen LogP) is 2.35. The minimum atomic E-state index is -0.313. The Kier molecular flexibility index (Phi) is 4.28. The Bertz CT molecular complexity index is 789. The van der Waals surface area contributed by atoms with Crippen molar-refractivity contribution in [2.45, 2.75) is 12.6 Å². The van der Waals surface area contributed by atoms with Crippen LogP contribution in [0.1, 0.15) is 5.56 Å². The maximum atomic E-state index is 12.8. The summed E-state index contributed by atoms with van der Waals surface area (Å²) in [5, 5.41) is 8.28. The average Bonchev–Trinajstić information content (AvgIpc) is 3.19. The zero-order chi connectivity index (χ0) is 16.4. The molecule has 0 bridgehead atoms. The molecule has 0 aromatic heterocycles. The van der Waals surface area contributed by atoms with Gasteiger partial charge in [-0.2, -0.15) is 0 Å². The molecule has 0 unspecified atom stereocenters. The van der Waals surface area contributed by atoms with Crippen LogP contribution in [-0.2, 0) is 11.3 Å². The molecule has 5 heteroatoms. The van der Waals surface area contributed by atoms with Crippen LogP contribution >= 0.6 is 0 Å². The first kappa shape index (κ1) is 15.3. The number of hydrogen-bond donors (Lipinski definition) is 0. The number of azo groups is 1. The van der Waals surface area contributed by atoms with Crippen molar-refractivity contribution in [2.75, 3.05) is 6.54 Å². The summed E-state index contributed by atoms with van der Waals surface area (Å²) in [6.45, 7) is 1.23. The summed E-state index contributed by atoms with van der Waals surface area (Å²) in [7, 11) is 0. The number of benzene rings is 2. The van der Waals surface area contributed by atoms with Crippen molar-refractivity contribution in [1.82, 2.24) is 4.90 Å². The number of carbonyl (C=O) groups is 1. The molecule has 2 aliphatic rings. The molecule has 2 aromatic rings. The molecule has 4 rings (SSSR count). The van der Waals surface area contributed by atoms with E-state index in [2.05, 4.69) is 51.6 Å². The van der Waals surface area contributed by atoms with Crippen LogP contribution in [0.15, 0.2) is 81.6 Å². The molecule has 2 aliphatic heterocycles. The Hall–Kier alpha value is -2.23. The standard InChI is InChI=1S/C19H17N3OSe/c23-19-18-16(11-20-21-18)17(13-24-15-9-5-2-6-10-15)22(19)12-14-7-3-1-4-8-14/h1-10,13,16,18H,11-12H2/b17-13+/t16-,18-/m1/s1. The van der Waals surface area contributed by atoms with Crippen LogP contribution in [0.3, 0.4) is 0 Å². The molecule has 4 nitrogen and oxygen atoms in total. The number of carbonyl (C=O) groups excluding carboxylic acids is 1. The summed E-state index contributed by atoms with van der Waals surface area (Å²) < 4.78 is 1.31. The van der Waals surface area contributed by atoms with Gasteiger partial charge < -0.3 is 0 Å². The third-order valence-corrected chi connectivity index (χ3v) is 6.21. The summed E-state index contributed by atoms with van der Waals surface area (Å²) in [6, 6.07) is 20.2. The number of nitrogens with zero attached hydrogens (tertiary/aromatic N) is 3. The van der Waals surface area contributed by atoms with Crippen LogP contribution in [-0.4, -0.2) is 38.4 Å². The van der Waals surface area contributed by atoms with Gasteiger partial charge in [0.2, 0.25) is 0 Å². The van der Waals surface area contributed by atoms with Crippen molar-refractivity contribution in [2.24, 2.45) is 16.1 Å². The van der Waals surface area contributed by atoms with E-state index in [-0.39, 0.29) is 32.8 Å². The second kappa shape index (κ2) is 6.71. The number of likely N-dealkylation sites (tertiary alicyclic amines) is 1. The van der Waals surface area contributed by atoms with Gasteiger partial charge in [0.25, 0.3) is 0 Å². The van der Waals surface area contributed by atoms with E-state index in [1.54, 1.807) is 0 Å². The normalized spacial score (nSPS) is 23.9. The van der Waals surface area contributed by atoms with Crippen LogP contribution in [0, 0.1) is 5.92 Å². The van der Waals surface area contributed by atoms with E-state index in [0.29, 0.717) is 13.1 Å². The summed E-state index contributed by atoms with van der Waals surface area (Å²) in [5.41, 5.74) is 2.24. The topological polar surface area (TPSA) is 45.0 Å². The maximum absolute atomic E-state index is 12.8. The first-order valence-electron chi connectivity index (χ1n) is 7.96. The predicted molar refractivity (Wildman–Crippen MR) is 93.9 cm³/mol. The number of amides is 1. The zero-order valence-corrected chi connectivity index (χ0v) is 14.8. The van der Waals surface area contributed by atoms with E-state index in [4.69, 9.17) is 0 Å². The number of hydrogen-bond acceptors (Lipinski definition) is 3. The molecule has 2 atom stereocenters. The van der Waals surface area contributed by atoms with Crippen molar-refractivity contribution >= 4 is 25.3 Å². The Morgan fingerprint density at radius 2 is 1.79 bits per heavy atom. The fraction of sp³-hybridized carbons (Fsp3) is 0.211. The van der Waals surface area contributed by atoms with Crippen LogP contribution in [0.4, 0.5) is 0 Å². The third-order valence-electron chi connectivity index (χ3n) is 4.32. The molecule has 0 saturated carbocycles. The monoisotopic (exact) mass is 383 g/mol. The fourth-order valence-electron chi connectivity index (χ4n) is 3.08. The first-order chi connectivity index (χ1) is 11.8. The first-order valence-corrected chi connectivity index (χ1v) is 9.81. The van der Waals surface area contributed by atoms with E-state index >= 15 is 0 Å². The zero-order valence-electron chi connectivity index (χ0n) is 13.1. The Balaban J connectivity index is 1.62. The molecule has 24 heavy (non-hydrogen) atoms. The molecular formula is C19H17N3OSe. The Morgan fingerprint density at radius 1 is 1.08 bits per heavy atom. The van der Waals surface area contributed by atoms with Crippen molar-refractivity contribution in [3.05, 3.63) is 76.9 Å². The fourth-order valence-corrected chi connectivity index (χ4v) is 4.91. The van der Waals surface area contributed by atoms with Gasteiger partial charge in [0, 0.05) is 0 Å². The molecule has 120 valence electrons. The van der Waals surface area contributed by atoms with Gasteiger partial charge in [-0.15, -0.1) is 0 Å². The summed E-state index contributed by atoms with van der Waals surface area (Å²) in [5.74, 6) is 0.201. The molecule has 2 aromatic carbocycles. The molecule has 0 aliphatic carbocycles. The Labute approximate surface area is 147 Å². The second-order valence-corrected chi connectivity index (χ2v) is 7.85. The van der Waals surface area contributed by atoms with Crippen LogP contribution in [0.25, 0.3) is 0 Å². The van der Waals surface area contributed by atoms with Gasteiger partial charge >= 0.3 is 147 Å². The number of rotatable bonds is 4. The van der Waals surface area contributed by atoms with Gasteiger partial charge in [-0.1, -0.05) is 0 Å². The Morgan fingerprint density at radius 3 is 2.54 bits per heavy atom. The van der Waals surface area contributed by atoms with Gasteiger partial charge in [0.1, 0.15) is 0 Å². The van der Waals surface area contributed by atoms with Crippen molar-refractivity contribution in [1.29, 1.82) is 0 Å². The molecule has 1 saturated heterocycles. The van der Waals surface area contributed by atoms with Crippen molar-refractivity contribution < 1.29 is 4.79 Å². The summed E-state index contributed by atoms with van der Waals surface area (Å²) >= 11 is 0.198. The molecule has 0 N–H and O–H groups in total. The van der Waals surface area contributed by atoms with Crippen molar-refractivity contribution in [3.63, 3.8) is 0 Å². The van der Waals surface area contributed by atoms with Crippen LogP contribution in [0.2, 0.25) is 0 Å². The van der Waals surface area contributed by atoms with Crippen LogP contribution in [0.5, 0.6) is 0 Å². The molecule has 0 radical (unpaired) electrons. The SMILES string of the molecule is O=C1[C@@H]2N=NC[C@@H]2/C(=C\[Se]c2ccccc2)N1Cc1ccccc1. The quantitative estimate of drug-likeness (QED) is 0.749.